The fourth-order valence-electron chi connectivity index (χ4n) is 1.39. The van der Waals surface area contributed by atoms with Gasteiger partial charge in [0.1, 0.15) is 0 Å². The first-order valence-corrected chi connectivity index (χ1v) is 4.86. The van der Waals surface area contributed by atoms with Crippen LogP contribution in [0.1, 0.15) is 17.0 Å². The van der Waals surface area contributed by atoms with E-state index in [1.807, 2.05) is 37.0 Å². The number of aryl methyl sites for hydroxylation is 2. The Bertz CT molecular complexity index is 436. The molecule has 2 heterocycles. The minimum Gasteiger partial charge on any atom is -0.396 e. The van der Waals surface area contributed by atoms with Crippen LogP contribution in [0.2, 0.25) is 0 Å². The van der Waals surface area contributed by atoms with Crippen LogP contribution in [-0.4, -0.2) is 14.8 Å². The highest BCUT2D eigenvalue weighted by molar-refractivity contribution is 5.39. The summed E-state index contributed by atoms with van der Waals surface area (Å²) in [6.07, 6.45) is 3.71. The maximum atomic E-state index is 5.72. The van der Waals surface area contributed by atoms with E-state index in [1.54, 1.807) is 0 Å². The van der Waals surface area contributed by atoms with Gasteiger partial charge in [-0.3, -0.25) is 9.67 Å². The van der Waals surface area contributed by atoms with Crippen molar-refractivity contribution in [1.29, 1.82) is 0 Å². The van der Waals surface area contributed by atoms with Gasteiger partial charge in [-0.15, -0.1) is 0 Å². The first kappa shape index (κ1) is 9.71. The van der Waals surface area contributed by atoms with Crippen molar-refractivity contribution >= 4 is 5.69 Å². The van der Waals surface area contributed by atoms with E-state index < -0.39 is 0 Å². The summed E-state index contributed by atoms with van der Waals surface area (Å²) in [5.74, 6) is 0. The van der Waals surface area contributed by atoms with Gasteiger partial charge in [0, 0.05) is 18.1 Å². The van der Waals surface area contributed by atoms with Crippen LogP contribution in [0.3, 0.4) is 0 Å². The molecule has 0 spiro atoms. The highest BCUT2D eigenvalue weighted by Crippen LogP contribution is 2.09. The van der Waals surface area contributed by atoms with Crippen LogP contribution in [0.25, 0.3) is 0 Å². The quantitative estimate of drug-likeness (QED) is 0.803. The van der Waals surface area contributed by atoms with Gasteiger partial charge in [0.25, 0.3) is 0 Å². The van der Waals surface area contributed by atoms with Gasteiger partial charge in [0.15, 0.2) is 0 Å². The van der Waals surface area contributed by atoms with Gasteiger partial charge < -0.3 is 5.73 Å². The molecule has 0 aliphatic carbocycles. The summed E-state index contributed by atoms with van der Waals surface area (Å²) in [7, 11) is 0. The van der Waals surface area contributed by atoms with Crippen molar-refractivity contribution < 1.29 is 0 Å². The van der Waals surface area contributed by atoms with Crippen LogP contribution in [0.4, 0.5) is 5.69 Å². The molecule has 0 bridgehead atoms. The maximum absolute atomic E-state index is 5.72. The molecule has 0 aliphatic heterocycles. The van der Waals surface area contributed by atoms with Gasteiger partial charge in [0.2, 0.25) is 0 Å². The first-order valence-electron chi connectivity index (χ1n) is 4.86. The maximum Gasteiger partial charge on any atom is 0.0823 e. The number of pyridine rings is 1. The second-order valence-corrected chi connectivity index (χ2v) is 3.68. The highest BCUT2D eigenvalue weighted by Gasteiger charge is 2.01. The number of aromatic nitrogens is 3. The van der Waals surface area contributed by atoms with Crippen LogP contribution >= 0.6 is 0 Å². The number of hydrogen-bond acceptors (Lipinski definition) is 3. The lowest BCUT2D eigenvalue weighted by molar-refractivity contribution is 0.677. The van der Waals surface area contributed by atoms with Crippen molar-refractivity contribution in [3.8, 4) is 0 Å². The van der Waals surface area contributed by atoms with E-state index in [0.717, 1.165) is 22.6 Å². The van der Waals surface area contributed by atoms with Gasteiger partial charge in [0.05, 0.1) is 17.9 Å². The molecule has 15 heavy (non-hydrogen) atoms. The summed E-state index contributed by atoms with van der Waals surface area (Å²) in [6.45, 7) is 4.59. The Hall–Kier alpha value is -1.84. The third-order valence-electron chi connectivity index (χ3n) is 2.30. The van der Waals surface area contributed by atoms with Crippen molar-refractivity contribution in [2.75, 3.05) is 5.73 Å². The van der Waals surface area contributed by atoms with Crippen molar-refractivity contribution in [2.45, 2.75) is 20.4 Å². The Morgan fingerprint density at radius 1 is 1.33 bits per heavy atom. The van der Waals surface area contributed by atoms with Gasteiger partial charge in [-0.05, 0) is 25.5 Å². The lowest BCUT2D eigenvalue weighted by Crippen LogP contribution is -2.01. The zero-order valence-corrected chi connectivity index (χ0v) is 8.94. The number of anilines is 1. The molecule has 0 atom stereocenters. The van der Waals surface area contributed by atoms with E-state index in [4.69, 9.17) is 5.73 Å². The Balaban J connectivity index is 2.18. The van der Waals surface area contributed by atoms with Crippen LogP contribution in [0.15, 0.2) is 24.5 Å². The van der Waals surface area contributed by atoms with E-state index in [2.05, 4.69) is 16.1 Å². The van der Waals surface area contributed by atoms with E-state index >= 15 is 0 Å². The predicted molar refractivity (Wildman–Crippen MR) is 59.5 cm³/mol. The summed E-state index contributed by atoms with van der Waals surface area (Å²) >= 11 is 0. The minimum atomic E-state index is 0.714. The molecular weight excluding hydrogens is 188 g/mol. The number of rotatable bonds is 2. The number of nitrogens with zero attached hydrogens (tertiary/aromatic N) is 3. The second-order valence-electron chi connectivity index (χ2n) is 3.68. The smallest absolute Gasteiger partial charge is 0.0823 e. The molecule has 2 aromatic rings. The van der Waals surface area contributed by atoms with Crippen molar-refractivity contribution in [3.63, 3.8) is 0 Å². The molecule has 2 rings (SSSR count). The van der Waals surface area contributed by atoms with Crippen molar-refractivity contribution in [1.82, 2.24) is 14.8 Å². The van der Waals surface area contributed by atoms with Gasteiger partial charge in [-0.1, -0.05) is 6.07 Å². The molecule has 0 fully saturated rings. The van der Waals surface area contributed by atoms with E-state index in [0.29, 0.717) is 6.54 Å². The van der Waals surface area contributed by atoms with Crippen molar-refractivity contribution in [2.24, 2.45) is 0 Å². The third kappa shape index (κ3) is 2.15. The topological polar surface area (TPSA) is 56.7 Å². The normalized spacial score (nSPS) is 10.5. The summed E-state index contributed by atoms with van der Waals surface area (Å²) in [6, 6.07) is 4.05. The molecule has 2 aromatic heterocycles. The molecule has 0 aromatic carbocycles. The predicted octanol–water partition coefficient (Wildman–Crippen LogP) is 1.53. The van der Waals surface area contributed by atoms with Gasteiger partial charge >= 0.3 is 0 Å². The fourth-order valence-corrected chi connectivity index (χ4v) is 1.39. The minimum absolute atomic E-state index is 0.714. The lowest BCUT2D eigenvalue weighted by Gasteiger charge is -2.01. The van der Waals surface area contributed by atoms with Crippen LogP contribution < -0.4 is 5.73 Å². The first-order chi connectivity index (χ1) is 7.15. The second kappa shape index (κ2) is 3.73. The molecule has 78 valence electrons. The SMILES string of the molecule is Cc1ccc(Cn2cc(N)c(C)n2)cn1. The van der Waals surface area contributed by atoms with E-state index in [-0.39, 0.29) is 0 Å². The zero-order valence-electron chi connectivity index (χ0n) is 8.94. The lowest BCUT2D eigenvalue weighted by atomic mass is 10.2. The zero-order chi connectivity index (χ0) is 10.8. The molecule has 0 unspecified atom stereocenters. The van der Waals surface area contributed by atoms with Crippen LogP contribution in [0, 0.1) is 13.8 Å². The fraction of sp³-hybridized carbons (Fsp3) is 0.273. The largest absolute Gasteiger partial charge is 0.396 e. The van der Waals surface area contributed by atoms with Crippen LogP contribution in [-0.2, 0) is 6.54 Å². The molecule has 4 nitrogen and oxygen atoms in total. The number of nitrogen functional groups attached to an aromatic ring is 1. The summed E-state index contributed by atoms with van der Waals surface area (Å²) in [4.78, 5) is 4.23. The van der Waals surface area contributed by atoms with E-state index in [1.165, 1.54) is 0 Å². The summed E-state index contributed by atoms with van der Waals surface area (Å²) in [5.41, 5.74) is 9.47. The van der Waals surface area contributed by atoms with Crippen molar-refractivity contribution in [3.05, 3.63) is 41.5 Å². The van der Waals surface area contributed by atoms with E-state index in [9.17, 15) is 0 Å². The molecule has 0 saturated carbocycles. The molecule has 0 amide bonds. The standard InChI is InChI=1S/C11H14N4/c1-8-3-4-10(5-13-8)6-15-7-11(12)9(2)14-15/h3-5,7H,6,12H2,1-2H3. The molecule has 0 aliphatic rings. The molecule has 4 heteroatoms. The molecular formula is C11H14N4. The summed E-state index contributed by atoms with van der Waals surface area (Å²) < 4.78 is 1.83. The average molecular weight is 202 g/mol. The Morgan fingerprint density at radius 2 is 2.13 bits per heavy atom. The highest BCUT2D eigenvalue weighted by atomic mass is 15.3. The Morgan fingerprint density at radius 3 is 2.67 bits per heavy atom. The molecule has 0 saturated heterocycles. The average Bonchev–Trinajstić information content (AvgIpc) is 2.50. The van der Waals surface area contributed by atoms with Gasteiger partial charge in [-0.25, -0.2) is 0 Å². The van der Waals surface area contributed by atoms with Gasteiger partial charge in [-0.2, -0.15) is 5.10 Å². The number of hydrogen-bond donors (Lipinski definition) is 1. The monoisotopic (exact) mass is 202 g/mol. The molecule has 0 radical (unpaired) electrons. The Labute approximate surface area is 88.8 Å². The number of nitrogens with two attached hydrogens (primary N) is 1. The van der Waals surface area contributed by atoms with Crippen LogP contribution in [0.5, 0.6) is 0 Å². The molecule has 2 N–H and O–H groups in total. The Kier molecular flexibility index (Phi) is 2.41. The summed E-state index contributed by atoms with van der Waals surface area (Å²) in [5, 5.41) is 4.29. The third-order valence-corrected chi connectivity index (χ3v) is 2.30.